The second-order valence-electron chi connectivity index (χ2n) is 4.58. The zero-order valence-corrected chi connectivity index (χ0v) is 12.0. The van der Waals surface area contributed by atoms with E-state index < -0.39 is 11.6 Å². The summed E-state index contributed by atoms with van der Waals surface area (Å²) in [6.45, 7) is 0. The molecule has 0 aliphatic rings. The van der Waals surface area contributed by atoms with Gasteiger partial charge in [0.2, 0.25) is 11.6 Å². The van der Waals surface area contributed by atoms with Crippen molar-refractivity contribution in [1.29, 1.82) is 0 Å². The predicted octanol–water partition coefficient (Wildman–Crippen LogP) is 4.48. The van der Waals surface area contributed by atoms with Crippen molar-refractivity contribution in [2.45, 2.75) is 0 Å². The molecule has 0 N–H and O–H groups in total. The first-order chi connectivity index (χ1) is 10.3. The van der Waals surface area contributed by atoms with Gasteiger partial charge in [0.05, 0.1) is 0 Å². The maximum absolute atomic E-state index is 12.3. The van der Waals surface area contributed by atoms with E-state index >= 15 is 0 Å². The molecular weight excluding hydrogens is 280 g/mol. The zero-order chi connectivity index (χ0) is 14.7. The van der Waals surface area contributed by atoms with Crippen molar-refractivity contribution in [2.24, 2.45) is 0 Å². The SMILES string of the molecule is O=C(C(=O)c1cccc(-c2cccs2)c1)c1ccccc1. The third-order valence-electron chi connectivity index (χ3n) is 3.17. The molecule has 1 aromatic heterocycles. The summed E-state index contributed by atoms with van der Waals surface area (Å²) in [5.41, 5.74) is 1.80. The summed E-state index contributed by atoms with van der Waals surface area (Å²) >= 11 is 1.60. The van der Waals surface area contributed by atoms with Gasteiger partial charge < -0.3 is 0 Å². The molecule has 102 valence electrons. The number of rotatable bonds is 4. The molecule has 0 aliphatic heterocycles. The molecule has 21 heavy (non-hydrogen) atoms. The smallest absolute Gasteiger partial charge is 0.233 e. The quantitative estimate of drug-likeness (QED) is 0.525. The molecule has 0 bridgehead atoms. The summed E-state index contributed by atoms with van der Waals surface area (Å²) in [5, 5.41) is 1.99. The van der Waals surface area contributed by atoms with E-state index in [0.29, 0.717) is 11.1 Å². The molecule has 0 unspecified atom stereocenters. The van der Waals surface area contributed by atoms with Crippen LogP contribution < -0.4 is 0 Å². The topological polar surface area (TPSA) is 34.1 Å². The maximum Gasteiger partial charge on any atom is 0.233 e. The lowest BCUT2D eigenvalue weighted by molar-refractivity contribution is 0.0817. The van der Waals surface area contributed by atoms with E-state index in [-0.39, 0.29) is 0 Å². The van der Waals surface area contributed by atoms with Crippen LogP contribution in [0.15, 0.2) is 72.1 Å². The van der Waals surface area contributed by atoms with E-state index in [2.05, 4.69) is 0 Å². The normalized spacial score (nSPS) is 10.3. The Bertz CT molecular complexity index is 774. The summed E-state index contributed by atoms with van der Waals surface area (Å²) in [4.78, 5) is 25.6. The average Bonchev–Trinajstić information content (AvgIpc) is 3.09. The fraction of sp³-hybridized carbons (Fsp3) is 0. The number of carbonyl (C=O) groups excluding carboxylic acids is 2. The maximum atomic E-state index is 12.3. The van der Waals surface area contributed by atoms with E-state index in [1.165, 1.54) is 0 Å². The first-order valence-corrected chi connectivity index (χ1v) is 7.42. The van der Waals surface area contributed by atoms with Crippen LogP contribution in [0.4, 0.5) is 0 Å². The van der Waals surface area contributed by atoms with Crippen LogP contribution in [0.1, 0.15) is 20.7 Å². The van der Waals surface area contributed by atoms with Crippen molar-refractivity contribution in [3.8, 4) is 10.4 Å². The molecule has 3 aromatic rings. The highest BCUT2D eigenvalue weighted by Crippen LogP contribution is 2.25. The fourth-order valence-corrected chi connectivity index (χ4v) is 2.83. The molecule has 3 heteroatoms. The van der Waals surface area contributed by atoms with Gasteiger partial charge in [0, 0.05) is 16.0 Å². The van der Waals surface area contributed by atoms with Crippen LogP contribution in [-0.4, -0.2) is 11.6 Å². The van der Waals surface area contributed by atoms with Gasteiger partial charge in [-0.15, -0.1) is 11.3 Å². The summed E-state index contributed by atoms with van der Waals surface area (Å²) in [6, 6.07) is 19.8. The lowest BCUT2D eigenvalue weighted by Gasteiger charge is -2.03. The molecule has 2 aromatic carbocycles. The minimum Gasteiger partial charge on any atom is -0.285 e. The van der Waals surface area contributed by atoms with Crippen molar-refractivity contribution in [3.63, 3.8) is 0 Å². The highest BCUT2D eigenvalue weighted by atomic mass is 32.1. The van der Waals surface area contributed by atoms with Crippen molar-refractivity contribution in [3.05, 3.63) is 83.2 Å². The Morgan fingerprint density at radius 3 is 2.14 bits per heavy atom. The van der Waals surface area contributed by atoms with Gasteiger partial charge in [0.1, 0.15) is 0 Å². The number of ketones is 2. The van der Waals surface area contributed by atoms with E-state index in [0.717, 1.165) is 10.4 Å². The van der Waals surface area contributed by atoms with E-state index in [1.54, 1.807) is 53.8 Å². The lowest BCUT2D eigenvalue weighted by atomic mass is 10.00. The molecule has 2 nitrogen and oxygen atoms in total. The summed E-state index contributed by atoms with van der Waals surface area (Å²) in [6.07, 6.45) is 0. The summed E-state index contributed by atoms with van der Waals surface area (Å²) in [5.74, 6) is -0.946. The van der Waals surface area contributed by atoms with Crippen LogP contribution in [0.3, 0.4) is 0 Å². The molecule has 0 amide bonds. The van der Waals surface area contributed by atoms with Crippen molar-refractivity contribution < 1.29 is 9.59 Å². The Morgan fingerprint density at radius 1 is 0.714 bits per heavy atom. The zero-order valence-electron chi connectivity index (χ0n) is 11.2. The predicted molar refractivity (Wildman–Crippen MR) is 84.9 cm³/mol. The number of hydrogen-bond acceptors (Lipinski definition) is 3. The molecule has 0 saturated carbocycles. The van der Waals surface area contributed by atoms with Gasteiger partial charge in [-0.05, 0) is 23.1 Å². The highest BCUT2D eigenvalue weighted by molar-refractivity contribution is 7.13. The number of hydrogen-bond donors (Lipinski definition) is 0. The number of Topliss-reactive ketones (excluding diaryl/α,β-unsaturated/α-hetero) is 2. The van der Waals surface area contributed by atoms with Crippen molar-refractivity contribution >= 4 is 22.9 Å². The Labute approximate surface area is 126 Å². The van der Waals surface area contributed by atoms with Gasteiger partial charge in [0.15, 0.2) is 0 Å². The van der Waals surface area contributed by atoms with Crippen LogP contribution in [0.25, 0.3) is 10.4 Å². The molecule has 0 atom stereocenters. The Morgan fingerprint density at radius 2 is 1.43 bits per heavy atom. The first-order valence-electron chi connectivity index (χ1n) is 6.54. The Balaban J connectivity index is 1.92. The number of carbonyl (C=O) groups is 2. The van der Waals surface area contributed by atoms with Gasteiger partial charge in [-0.25, -0.2) is 0 Å². The van der Waals surface area contributed by atoms with Crippen molar-refractivity contribution in [2.75, 3.05) is 0 Å². The van der Waals surface area contributed by atoms with Crippen LogP contribution in [0, 0.1) is 0 Å². The Hall–Kier alpha value is -2.52. The summed E-state index contributed by atoms with van der Waals surface area (Å²) in [7, 11) is 0. The van der Waals surface area contributed by atoms with Gasteiger partial charge in [-0.3, -0.25) is 9.59 Å². The fourth-order valence-electron chi connectivity index (χ4n) is 2.11. The van der Waals surface area contributed by atoms with Crippen molar-refractivity contribution in [1.82, 2.24) is 0 Å². The second-order valence-corrected chi connectivity index (χ2v) is 5.53. The van der Waals surface area contributed by atoms with Crippen LogP contribution in [0.5, 0.6) is 0 Å². The third-order valence-corrected chi connectivity index (χ3v) is 4.09. The standard InChI is InChI=1S/C18H12O2S/c19-17(13-6-2-1-3-7-13)18(20)15-9-4-8-14(12-15)16-10-5-11-21-16/h1-12H. The van der Waals surface area contributed by atoms with E-state index in [4.69, 9.17) is 0 Å². The molecule has 3 rings (SSSR count). The molecule has 0 spiro atoms. The molecule has 0 saturated heterocycles. The van der Waals surface area contributed by atoms with Crippen LogP contribution in [-0.2, 0) is 0 Å². The van der Waals surface area contributed by atoms with Crippen LogP contribution >= 0.6 is 11.3 Å². The molecule has 0 radical (unpaired) electrons. The monoisotopic (exact) mass is 292 g/mol. The van der Waals surface area contributed by atoms with Gasteiger partial charge >= 0.3 is 0 Å². The summed E-state index contributed by atoms with van der Waals surface area (Å²) < 4.78 is 0. The highest BCUT2D eigenvalue weighted by Gasteiger charge is 2.18. The molecule has 0 aliphatic carbocycles. The molecular formula is C18H12O2S. The largest absolute Gasteiger partial charge is 0.285 e. The van der Waals surface area contributed by atoms with Gasteiger partial charge in [-0.1, -0.05) is 54.6 Å². The average molecular weight is 292 g/mol. The van der Waals surface area contributed by atoms with E-state index in [1.807, 2.05) is 29.6 Å². The molecule has 1 heterocycles. The third kappa shape index (κ3) is 2.83. The number of benzene rings is 2. The van der Waals surface area contributed by atoms with Crippen LogP contribution in [0.2, 0.25) is 0 Å². The van der Waals surface area contributed by atoms with Gasteiger partial charge in [-0.2, -0.15) is 0 Å². The lowest BCUT2D eigenvalue weighted by Crippen LogP contribution is -2.14. The first kappa shape index (κ1) is 13.5. The minimum absolute atomic E-state index is 0.420. The Kier molecular flexibility index (Phi) is 3.75. The number of thiophene rings is 1. The minimum atomic E-state index is -0.473. The molecule has 0 fully saturated rings. The van der Waals surface area contributed by atoms with Gasteiger partial charge in [0.25, 0.3) is 0 Å². The van der Waals surface area contributed by atoms with E-state index in [9.17, 15) is 9.59 Å². The second kappa shape index (κ2) is 5.85.